The van der Waals surface area contributed by atoms with Crippen LogP contribution in [0.25, 0.3) is 32.6 Å². The number of para-hydroxylation sites is 1. The van der Waals surface area contributed by atoms with E-state index in [1.54, 1.807) is 18.2 Å². The zero-order chi connectivity index (χ0) is 19.1. The number of carbonyl (C=O) groups is 1. The monoisotopic (exact) mass is 369 g/mol. The molecule has 0 bridgehead atoms. The molecule has 0 spiro atoms. The van der Waals surface area contributed by atoms with Gasteiger partial charge in [0.15, 0.2) is 0 Å². The first-order valence-electron chi connectivity index (χ1n) is 8.85. The molecule has 0 saturated heterocycles. The molecule has 136 valence electrons. The molecule has 0 unspecified atom stereocenters. The number of H-pyrrole nitrogens is 1. The maximum absolute atomic E-state index is 12.6. The van der Waals surface area contributed by atoms with E-state index in [2.05, 4.69) is 15.3 Å². The van der Waals surface area contributed by atoms with Gasteiger partial charge in [0.25, 0.3) is 5.56 Å². The van der Waals surface area contributed by atoms with Crippen LogP contribution in [0.3, 0.4) is 0 Å². The molecule has 0 atom stereocenters. The van der Waals surface area contributed by atoms with Crippen molar-refractivity contribution in [1.29, 1.82) is 0 Å². The fourth-order valence-corrected chi connectivity index (χ4v) is 3.48. The number of benzene rings is 3. The summed E-state index contributed by atoms with van der Waals surface area (Å²) >= 11 is 0. The van der Waals surface area contributed by atoms with Crippen LogP contribution in [0.1, 0.15) is 5.76 Å². The van der Waals surface area contributed by atoms with Gasteiger partial charge in [-0.05, 0) is 35.0 Å². The van der Waals surface area contributed by atoms with Gasteiger partial charge < -0.3 is 14.7 Å². The van der Waals surface area contributed by atoms with E-state index in [0.717, 1.165) is 21.7 Å². The van der Waals surface area contributed by atoms with E-state index >= 15 is 0 Å². The van der Waals surface area contributed by atoms with E-state index in [1.165, 1.54) is 6.33 Å². The van der Waals surface area contributed by atoms with Crippen LogP contribution >= 0.6 is 0 Å². The van der Waals surface area contributed by atoms with Crippen LogP contribution in [-0.4, -0.2) is 15.9 Å². The smallest absolute Gasteiger partial charge is 0.258 e. The zero-order valence-corrected chi connectivity index (χ0v) is 14.7. The van der Waals surface area contributed by atoms with Crippen LogP contribution in [0.2, 0.25) is 0 Å². The summed E-state index contributed by atoms with van der Waals surface area (Å²) in [4.78, 5) is 31.2. The summed E-state index contributed by atoms with van der Waals surface area (Å²) in [5.74, 6) is 0.341. The number of amides is 1. The molecule has 3 aromatic carbocycles. The number of nitrogens with one attached hydrogen (secondary N) is 2. The second kappa shape index (κ2) is 6.35. The fraction of sp³-hybridized carbons (Fsp3) is 0.0455. The predicted octanol–water partition coefficient (Wildman–Crippen LogP) is 4.00. The van der Waals surface area contributed by atoms with Crippen LogP contribution in [-0.2, 0) is 11.2 Å². The van der Waals surface area contributed by atoms with Crippen molar-refractivity contribution in [3.8, 4) is 0 Å². The Labute approximate surface area is 158 Å². The number of hydrogen-bond donors (Lipinski definition) is 2. The Morgan fingerprint density at radius 2 is 1.86 bits per heavy atom. The highest BCUT2D eigenvalue weighted by Crippen LogP contribution is 2.28. The van der Waals surface area contributed by atoms with Gasteiger partial charge in [0.1, 0.15) is 16.9 Å². The minimum absolute atomic E-state index is 0.0859. The van der Waals surface area contributed by atoms with Crippen LogP contribution in [0.5, 0.6) is 0 Å². The highest BCUT2D eigenvalue weighted by atomic mass is 16.3. The van der Waals surface area contributed by atoms with E-state index < -0.39 is 0 Å². The molecule has 6 heteroatoms. The van der Waals surface area contributed by atoms with Gasteiger partial charge in [0.05, 0.1) is 23.8 Å². The molecule has 0 saturated carbocycles. The summed E-state index contributed by atoms with van der Waals surface area (Å²) < 4.78 is 5.86. The molecular formula is C22H15N3O3. The van der Waals surface area contributed by atoms with Crippen LogP contribution in [0.4, 0.5) is 5.69 Å². The van der Waals surface area contributed by atoms with E-state index in [-0.39, 0.29) is 17.9 Å². The lowest BCUT2D eigenvalue weighted by Crippen LogP contribution is -2.15. The summed E-state index contributed by atoms with van der Waals surface area (Å²) in [6, 6.07) is 19.0. The molecule has 1 amide bonds. The van der Waals surface area contributed by atoms with Crippen LogP contribution < -0.4 is 10.9 Å². The SMILES string of the molecule is O=C(Cc1cc2c(ccc3ccccc32)o1)Nc1cccc2c(=O)[nH]cnc12. The average molecular weight is 369 g/mol. The number of hydrogen-bond acceptors (Lipinski definition) is 4. The average Bonchev–Trinajstić information content (AvgIpc) is 3.11. The number of rotatable bonds is 3. The van der Waals surface area contributed by atoms with Gasteiger partial charge in [-0.15, -0.1) is 0 Å². The Kier molecular flexibility index (Phi) is 3.69. The Hall–Kier alpha value is -3.93. The second-order valence-electron chi connectivity index (χ2n) is 6.57. The normalized spacial score (nSPS) is 11.3. The number of aromatic nitrogens is 2. The van der Waals surface area contributed by atoms with E-state index in [4.69, 9.17) is 4.42 Å². The maximum Gasteiger partial charge on any atom is 0.258 e. The van der Waals surface area contributed by atoms with Crippen molar-refractivity contribution in [1.82, 2.24) is 9.97 Å². The third kappa shape index (κ3) is 2.72. The molecule has 2 aromatic heterocycles. The number of aromatic amines is 1. The summed E-state index contributed by atoms with van der Waals surface area (Å²) in [5.41, 5.74) is 1.45. The van der Waals surface area contributed by atoms with Crippen LogP contribution in [0, 0.1) is 0 Å². The Morgan fingerprint density at radius 1 is 1.00 bits per heavy atom. The minimum Gasteiger partial charge on any atom is -0.461 e. The van der Waals surface area contributed by atoms with Crippen LogP contribution in [0.15, 0.2) is 76.2 Å². The highest BCUT2D eigenvalue weighted by molar-refractivity contribution is 6.06. The molecule has 0 fully saturated rings. The molecular weight excluding hydrogens is 354 g/mol. The Balaban J connectivity index is 1.45. The van der Waals surface area contributed by atoms with Gasteiger partial charge in [-0.25, -0.2) is 4.98 Å². The molecule has 5 rings (SSSR count). The molecule has 2 N–H and O–H groups in total. The van der Waals surface area contributed by atoms with Crippen molar-refractivity contribution in [3.63, 3.8) is 0 Å². The molecule has 0 aliphatic heterocycles. The topological polar surface area (TPSA) is 88.0 Å². The van der Waals surface area contributed by atoms with E-state index in [0.29, 0.717) is 22.4 Å². The van der Waals surface area contributed by atoms with Crippen molar-refractivity contribution in [2.45, 2.75) is 6.42 Å². The van der Waals surface area contributed by atoms with E-state index in [9.17, 15) is 9.59 Å². The molecule has 5 aromatic rings. The lowest BCUT2D eigenvalue weighted by Gasteiger charge is -2.06. The largest absolute Gasteiger partial charge is 0.461 e. The fourth-order valence-electron chi connectivity index (χ4n) is 3.48. The number of nitrogens with zero attached hydrogens (tertiary/aromatic N) is 1. The van der Waals surface area contributed by atoms with Crippen molar-refractivity contribution < 1.29 is 9.21 Å². The first kappa shape index (κ1) is 16.3. The maximum atomic E-state index is 12.6. The first-order valence-corrected chi connectivity index (χ1v) is 8.85. The van der Waals surface area contributed by atoms with Gasteiger partial charge in [-0.2, -0.15) is 0 Å². The summed E-state index contributed by atoms with van der Waals surface area (Å²) in [6.45, 7) is 0. The molecule has 0 radical (unpaired) electrons. The number of anilines is 1. The third-order valence-electron chi connectivity index (χ3n) is 4.76. The number of fused-ring (bicyclic) bond motifs is 4. The summed E-state index contributed by atoms with van der Waals surface area (Å²) in [5, 5.41) is 6.45. The Morgan fingerprint density at radius 3 is 2.79 bits per heavy atom. The molecule has 0 aliphatic rings. The van der Waals surface area contributed by atoms with Crippen molar-refractivity contribution in [2.75, 3.05) is 5.32 Å². The predicted molar refractivity (Wildman–Crippen MR) is 108 cm³/mol. The van der Waals surface area contributed by atoms with Crippen molar-refractivity contribution in [3.05, 3.63) is 83.1 Å². The Bertz CT molecular complexity index is 1420. The lowest BCUT2D eigenvalue weighted by molar-refractivity contribution is -0.115. The van der Waals surface area contributed by atoms with Gasteiger partial charge in [0, 0.05) is 5.39 Å². The van der Waals surface area contributed by atoms with E-state index in [1.807, 2.05) is 42.5 Å². The van der Waals surface area contributed by atoms with Crippen molar-refractivity contribution >= 4 is 44.2 Å². The molecule has 0 aliphatic carbocycles. The van der Waals surface area contributed by atoms with Gasteiger partial charge in [-0.3, -0.25) is 9.59 Å². The van der Waals surface area contributed by atoms with Gasteiger partial charge in [-0.1, -0.05) is 36.4 Å². The second-order valence-corrected chi connectivity index (χ2v) is 6.57. The number of furan rings is 1. The summed E-state index contributed by atoms with van der Waals surface area (Å²) in [7, 11) is 0. The van der Waals surface area contributed by atoms with Gasteiger partial charge in [0.2, 0.25) is 5.91 Å². The van der Waals surface area contributed by atoms with Crippen molar-refractivity contribution in [2.24, 2.45) is 0 Å². The highest BCUT2D eigenvalue weighted by Gasteiger charge is 2.13. The molecule has 28 heavy (non-hydrogen) atoms. The number of carbonyl (C=O) groups excluding carboxylic acids is 1. The minimum atomic E-state index is -0.245. The lowest BCUT2D eigenvalue weighted by atomic mass is 10.1. The molecule has 2 heterocycles. The molecule has 6 nitrogen and oxygen atoms in total. The van der Waals surface area contributed by atoms with Gasteiger partial charge >= 0.3 is 0 Å². The third-order valence-corrected chi connectivity index (χ3v) is 4.76. The quantitative estimate of drug-likeness (QED) is 0.503. The standard InChI is InChI=1S/C22H15N3O3/c26-20(25-18-7-3-6-16-21(18)23-12-24-22(16)27)11-14-10-17-15-5-2-1-4-13(15)8-9-19(17)28-14/h1-10,12H,11H2,(H,25,26)(H,23,24,27). The first-order chi connectivity index (χ1) is 13.7. The summed E-state index contributed by atoms with van der Waals surface area (Å²) in [6.07, 6.45) is 1.41. The zero-order valence-electron chi connectivity index (χ0n) is 14.7.